The molecule has 43 heavy (non-hydrogen) atoms. The lowest BCUT2D eigenvalue weighted by Crippen LogP contribution is -2.44. The molecular formula is C31H40BF3N2O6. The van der Waals surface area contributed by atoms with Gasteiger partial charge in [0.2, 0.25) is 5.91 Å². The molecule has 2 aromatic rings. The van der Waals surface area contributed by atoms with E-state index in [1.165, 1.54) is 0 Å². The van der Waals surface area contributed by atoms with E-state index in [1.807, 2.05) is 52.0 Å². The van der Waals surface area contributed by atoms with E-state index in [9.17, 15) is 22.8 Å². The molecular weight excluding hydrogens is 564 g/mol. The monoisotopic (exact) mass is 604 g/mol. The van der Waals surface area contributed by atoms with E-state index < -0.39 is 53.5 Å². The van der Waals surface area contributed by atoms with Gasteiger partial charge in [0.25, 0.3) is 0 Å². The number of rotatable bonds is 8. The highest BCUT2D eigenvalue weighted by atomic mass is 19.2. The van der Waals surface area contributed by atoms with Crippen LogP contribution in [0, 0.1) is 17.5 Å². The molecule has 0 aromatic heterocycles. The van der Waals surface area contributed by atoms with Crippen LogP contribution in [0.15, 0.2) is 36.4 Å². The molecule has 1 N–H and O–H groups in total. The molecule has 234 valence electrons. The minimum absolute atomic E-state index is 0.167. The maximum absolute atomic E-state index is 14.4. The lowest BCUT2D eigenvalue weighted by molar-refractivity contribution is -0.130. The molecule has 2 heterocycles. The number of nitrogens with one attached hydrogen (secondary N) is 1. The number of alkyl carbamates (subject to hydrolysis) is 1. The maximum Gasteiger partial charge on any atom is 0.494 e. The molecule has 4 rings (SSSR count). The minimum Gasteiger partial charge on any atom is -0.489 e. The number of amides is 2. The van der Waals surface area contributed by atoms with Crippen molar-refractivity contribution in [3.63, 3.8) is 0 Å². The summed E-state index contributed by atoms with van der Waals surface area (Å²) in [4.78, 5) is 27.3. The van der Waals surface area contributed by atoms with E-state index in [4.69, 9.17) is 18.8 Å². The first-order valence-electron chi connectivity index (χ1n) is 14.5. The van der Waals surface area contributed by atoms with Gasteiger partial charge < -0.3 is 29.0 Å². The van der Waals surface area contributed by atoms with Crippen molar-refractivity contribution < 1.29 is 41.5 Å². The van der Waals surface area contributed by atoms with Crippen LogP contribution in [-0.2, 0) is 25.3 Å². The van der Waals surface area contributed by atoms with Crippen molar-refractivity contribution in [3.8, 4) is 5.75 Å². The quantitative estimate of drug-likeness (QED) is 0.341. The number of carbonyl (C=O) groups is 2. The van der Waals surface area contributed by atoms with E-state index in [0.29, 0.717) is 31.3 Å². The van der Waals surface area contributed by atoms with Crippen LogP contribution < -0.4 is 15.5 Å². The number of hydrogen-bond acceptors (Lipinski definition) is 6. The van der Waals surface area contributed by atoms with Crippen molar-refractivity contribution in [2.24, 2.45) is 0 Å². The molecule has 2 aliphatic rings. The molecule has 0 aliphatic carbocycles. The lowest BCUT2D eigenvalue weighted by atomic mass is 9.79. The van der Waals surface area contributed by atoms with Gasteiger partial charge in [0, 0.05) is 31.5 Å². The predicted octanol–water partition coefficient (Wildman–Crippen LogP) is 4.91. The third-order valence-electron chi connectivity index (χ3n) is 7.90. The van der Waals surface area contributed by atoms with Crippen molar-refractivity contribution >= 4 is 24.6 Å². The fourth-order valence-electron chi connectivity index (χ4n) is 4.90. The van der Waals surface area contributed by atoms with Crippen molar-refractivity contribution in [2.45, 2.75) is 96.7 Å². The van der Waals surface area contributed by atoms with E-state index in [0.717, 1.165) is 11.5 Å². The number of halogens is 3. The maximum atomic E-state index is 14.4. The number of benzene rings is 2. The van der Waals surface area contributed by atoms with E-state index in [1.54, 1.807) is 25.7 Å². The van der Waals surface area contributed by atoms with Gasteiger partial charge in [0.05, 0.1) is 17.7 Å². The van der Waals surface area contributed by atoms with Gasteiger partial charge in [-0.1, -0.05) is 12.1 Å². The molecule has 2 aromatic carbocycles. The zero-order valence-electron chi connectivity index (χ0n) is 25.8. The molecule has 8 nitrogen and oxygen atoms in total. The molecule has 0 bridgehead atoms. The van der Waals surface area contributed by atoms with Gasteiger partial charge >= 0.3 is 13.2 Å². The molecule has 0 saturated carbocycles. The molecule has 2 saturated heterocycles. The molecule has 12 heteroatoms. The summed E-state index contributed by atoms with van der Waals surface area (Å²) in [5.41, 5.74) is -1.00. The highest BCUT2D eigenvalue weighted by molar-refractivity contribution is 6.62. The smallest absolute Gasteiger partial charge is 0.489 e. The summed E-state index contributed by atoms with van der Waals surface area (Å²) in [6, 6.07) is 7.70. The number of nitrogens with zero attached hydrogens (tertiary/aromatic N) is 1. The van der Waals surface area contributed by atoms with Crippen LogP contribution in [0.3, 0.4) is 0 Å². The largest absolute Gasteiger partial charge is 0.494 e. The Bertz CT molecular complexity index is 1320. The summed E-state index contributed by atoms with van der Waals surface area (Å²) >= 11 is 0. The Morgan fingerprint density at radius 1 is 1.02 bits per heavy atom. The van der Waals surface area contributed by atoms with Gasteiger partial charge in [0.15, 0.2) is 11.6 Å². The first-order valence-corrected chi connectivity index (χ1v) is 14.5. The summed E-state index contributed by atoms with van der Waals surface area (Å²) in [7, 11) is -0.485. The summed E-state index contributed by atoms with van der Waals surface area (Å²) < 4.78 is 65.3. The number of likely N-dealkylation sites (tertiary alicyclic amines) is 1. The Labute approximate surface area is 251 Å². The first-order chi connectivity index (χ1) is 19.9. The highest BCUT2D eigenvalue weighted by Gasteiger charge is 2.51. The van der Waals surface area contributed by atoms with Crippen molar-refractivity contribution in [1.29, 1.82) is 0 Å². The van der Waals surface area contributed by atoms with Gasteiger partial charge in [0.1, 0.15) is 23.3 Å². The minimum atomic E-state index is -1.32. The Morgan fingerprint density at radius 2 is 1.63 bits per heavy atom. The Kier molecular flexibility index (Phi) is 9.42. The normalized spacial score (nSPS) is 20.2. The summed E-state index contributed by atoms with van der Waals surface area (Å²) in [6.45, 7) is 13.8. The molecule has 2 fully saturated rings. The number of ether oxygens (including phenoxy) is 2. The Balaban J connectivity index is 1.36. The van der Waals surface area contributed by atoms with Crippen LogP contribution in [-0.4, -0.2) is 66.1 Å². The summed E-state index contributed by atoms with van der Waals surface area (Å²) in [6.07, 6.45) is -0.913. The Hall–Kier alpha value is -3.25. The van der Waals surface area contributed by atoms with Gasteiger partial charge in [-0.15, -0.1) is 0 Å². The van der Waals surface area contributed by atoms with Gasteiger partial charge in [-0.05, 0) is 84.1 Å². The average Bonchev–Trinajstić information content (AvgIpc) is 3.42. The second-order valence-electron chi connectivity index (χ2n) is 13.1. The average molecular weight is 604 g/mol. The summed E-state index contributed by atoms with van der Waals surface area (Å²) in [5.74, 6) is -3.17. The lowest BCUT2D eigenvalue weighted by Gasteiger charge is -2.32. The summed E-state index contributed by atoms with van der Waals surface area (Å²) in [5, 5.41) is 2.58. The fourth-order valence-corrected chi connectivity index (χ4v) is 4.90. The van der Waals surface area contributed by atoms with E-state index in [-0.39, 0.29) is 30.4 Å². The highest BCUT2D eigenvalue weighted by Crippen LogP contribution is 2.36. The topological polar surface area (TPSA) is 86.3 Å². The van der Waals surface area contributed by atoms with Crippen LogP contribution in [0.5, 0.6) is 5.75 Å². The second kappa shape index (κ2) is 12.4. The molecule has 2 amide bonds. The van der Waals surface area contributed by atoms with Crippen LogP contribution in [0.1, 0.15) is 66.9 Å². The van der Waals surface area contributed by atoms with Crippen molar-refractivity contribution in [1.82, 2.24) is 10.2 Å². The second-order valence-corrected chi connectivity index (χ2v) is 13.1. The zero-order valence-corrected chi connectivity index (χ0v) is 25.8. The van der Waals surface area contributed by atoms with Crippen LogP contribution in [0.2, 0.25) is 0 Å². The van der Waals surface area contributed by atoms with Gasteiger partial charge in [-0.25, -0.2) is 18.0 Å². The fraction of sp³-hybridized carbons (Fsp3) is 0.548. The Morgan fingerprint density at radius 3 is 2.23 bits per heavy atom. The third-order valence-corrected chi connectivity index (χ3v) is 7.90. The van der Waals surface area contributed by atoms with Crippen molar-refractivity contribution in [2.75, 3.05) is 13.1 Å². The van der Waals surface area contributed by atoms with Gasteiger partial charge in [-0.2, -0.15) is 0 Å². The SMILES string of the molecule is CC(C)(C)OC(=O)N[C@@H](CC(=O)N1CCC(Oc2ccc(B3OC(C)(C)C(C)(C)O3)cc2)C1)Cc1cc(F)c(F)cc1F. The van der Waals surface area contributed by atoms with Crippen LogP contribution in [0.4, 0.5) is 18.0 Å². The van der Waals surface area contributed by atoms with Crippen LogP contribution >= 0.6 is 0 Å². The predicted molar refractivity (Wildman–Crippen MR) is 156 cm³/mol. The van der Waals surface area contributed by atoms with Gasteiger partial charge in [-0.3, -0.25) is 4.79 Å². The standard InChI is InChI=1S/C31H40BF3N2O6/c1-29(2,3)41-28(39)36-21(14-19-15-25(34)26(35)17-24(19)33)16-27(38)37-13-12-23(18-37)40-22-10-8-20(9-11-22)32-42-30(4,5)31(6,7)43-32/h8-11,15,17,21,23H,12-14,16,18H2,1-7H3,(H,36,39)/t21-,23?/m1/s1. The number of carbonyl (C=O) groups excluding carboxylic acids is 2. The van der Waals surface area contributed by atoms with E-state index in [2.05, 4.69) is 5.32 Å². The molecule has 0 radical (unpaired) electrons. The number of hydrogen-bond donors (Lipinski definition) is 1. The molecule has 0 spiro atoms. The molecule has 1 unspecified atom stereocenters. The molecule has 2 aliphatic heterocycles. The zero-order chi connectivity index (χ0) is 31.7. The van der Waals surface area contributed by atoms with Crippen molar-refractivity contribution in [3.05, 3.63) is 59.4 Å². The third kappa shape index (κ3) is 8.23. The van der Waals surface area contributed by atoms with E-state index >= 15 is 0 Å². The van der Waals surface area contributed by atoms with Crippen LogP contribution in [0.25, 0.3) is 0 Å². The first kappa shape index (κ1) is 32.7. The molecule has 2 atom stereocenters.